The van der Waals surface area contributed by atoms with E-state index in [2.05, 4.69) is 17.1 Å². The molecule has 2 N–H and O–H groups in total. The van der Waals surface area contributed by atoms with Crippen LogP contribution in [0.2, 0.25) is 0 Å². The van der Waals surface area contributed by atoms with Gasteiger partial charge >= 0.3 is 0 Å². The number of hydrogen-bond acceptors (Lipinski definition) is 2. The number of para-hydroxylation sites is 1. The lowest BCUT2D eigenvalue weighted by Crippen LogP contribution is -2.29. The lowest BCUT2D eigenvalue weighted by atomic mass is 10.1. The molecule has 0 saturated carbocycles. The SMILES string of the molecule is O=C(CCCc1c[nH]c2ccccc12)N1CCC(O)C1. The molecule has 20 heavy (non-hydrogen) atoms. The third-order valence-corrected chi connectivity index (χ3v) is 4.03. The molecule has 106 valence electrons. The van der Waals surface area contributed by atoms with Crippen molar-refractivity contribution >= 4 is 16.8 Å². The topological polar surface area (TPSA) is 56.3 Å². The number of aliphatic hydroxyl groups excluding tert-OH is 1. The largest absolute Gasteiger partial charge is 0.391 e. The molecule has 3 rings (SSSR count). The van der Waals surface area contributed by atoms with Gasteiger partial charge in [0.2, 0.25) is 5.91 Å². The van der Waals surface area contributed by atoms with Crippen LogP contribution in [0.15, 0.2) is 30.5 Å². The van der Waals surface area contributed by atoms with E-state index in [-0.39, 0.29) is 12.0 Å². The molecule has 0 spiro atoms. The van der Waals surface area contributed by atoms with Gasteiger partial charge in [-0.3, -0.25) is 4.79 Å². The number of nitrogens with one attached hydrogen (secondary N) is 1. The summed E-state index contributed by atoms with van der Waals surface area (Å²) >= 11 is 0. The number of likely N-dealkylation sites (tertiary alicyclic amines) is 1. The first-order valence-corrected chi connectivity index (χ1v) is 7.25. The average Bonchev–Trinajstić information content (AvgIpc) is 3.06. The van der Waals surface area contributed by atoms with E-state index >= 15 is 0 Å². The van der Waals surface area contributed by atoms with Gasteiger partial charge in [0, 0.05) is 36.6 Å². The quantitative estimate of drug-likeness (QED) is 0.895. The second-order valence-corrected chi connectivity index (χ2v) is 5.50. The Kier molecular flexibility index (Phi) is 3.74. The molecule has 1 aromatic carbocycles. The number of hydrogen-bond donors (Lipinski definition) is 2. The number of aryl methyl sites for hydroxylation is 1. The van der Waals surface area contributed by atoms with Crippen molar-refractivity contribution in [2.45, 2.75) is 31.8 Å². The van der Waals surface area contributed by atoms with E-state index in [4.69, 9.17) is 0 Å². The number of amides is 1. The zero-order valence-electron chi connectivity index (χ0n) is 11.5. The Hall–Kier alpha value is -1.81. The monoisotopic (exact) mass is 272 g/mol. The van der Waals surface area contributed by atoms with Crippen LogP contribution in [-0.2, 0) is 11.2 Å². The minimum absolute atomic E-state index is 0.168. The third kappa shape index (κ3) is 2.70. The molecule has 1 saturated heterocycles. The van der Waals surface area contributed by atoms with Crippen LogP contribution in [-0.4, -0.2) is 40.1 Å². The zero-order valence-corrected chi connectivity index (χ0v) is 11.5. The summed E-state index contributed by atoms with van der Waals surface area (Å²) in [6.07, 6.45) is 4.75. The van der Waals surface area contributed by atoms with Crippen molar-refractivity contribution < 1.29 is 9.90 Å². The maximum Gasteiger partial charge on any atom is 0.222 e. The van der Waals surface area contributed by atoms with Gasteiger partial charge in [0.25, 0.3) is 0 Å². The number of aromatic amines is 1. The van der Waals surface area contributed by atoms with Crippen molar-refractivity contribution in [3.05, 3.63) is 36.0 Å². The number of nitrogens with zero attached hydrogens (tertiary/aromatic N) is 1. The minimum Gasteiger partial charge on any atom is -0.391 e. The van der Waals surface area contributed by atoms with E-state index in [1.807, 2.05) is 18.3 Å². The van der Waals surface area contributed by atoms with Gasteiger partial charge in [-0.05, 0) is 30.9 Å². The van der Waals surface area contributed by atoms with Gasteiger partial charge in [0.15, 0.2) is 0 Å². The van der Waals surface area contributed by atoms with Crippen LogP contribution in [0.5, 0.6) is 0 Å². The summed E-state index contributed by atoms with van der Waals surface area (Å²) in [5.74, 6) is 0.168. The third-order valence-electron chi connectivity index (χ3n) is 4.03. The number of carbonyl (C=O) groups excluding carboxylic acids is 1. The van der Waals surface area contributed by atoms with Crippen LogP contribution in [0, 0.1) is 0 Å². The van der Waals surface area contributed by atoms with Crippen molar-refractivity contribution in [3.63, 3.8) is 0 Å². The van der Waals surface area contributed by atoms with E-state index in [1.165, 1.54) is 10.9 Å². The van der Waals surface area contributed by atoms with E-state index < -0.39 is 0 Å². The van der Waals surface area contributed by atoms with Crippen LogP contribution >= 0.6 is 0 Å². The summed E-state index contributed by atoms with van der Waals surface area (Å²) in [6, 6.07) is 8.23. The molecule has 1 unspecified atom stereocenters. The molecular weight excluding hydrogens is 252 g/mol. The number of carbonyl (C=O) groups is 1. The molecule has 1 aliphatic heterocycles. The predicted molar refractivity (Wildman–Crippen MR) is 78.4 cm³/mol. The first-order valence-electron chi connectivity index (χ1n) is 7.25. The summed E-state index contributed by atoms with van der Waals surface area (Å²) in [5.41, 5.74) is 2.42. The van der Waals surface area contributed by atoms with Crippen LogP contribution in [0.3, 0.4) is 0 Å². The highest BCUT2D eigenvalue weighted by Crippen LogP contribution is 2.20. The van der Waals surface area contributed by atoms with E-state index in [0.29, 0.717) is 25.9 Å². The first kappa shape index (κ1) is 13.2. The molecule has 0 bridgehead atoms. The lowest BCUT2D eigenvalue weighted by molar-refractivity contribution is -0.130. The Balaban J connectivity index is 1.54. The highest BCUT2D eigenvalue weighted by atomic mass is 16.3. The maximum atomic E-state index is 12.0. The number of rotatable bonds is 4. The highest BCUT2D eigenvalue weighted by Gasteiger charge is 2.23. The summed E-state index contributed by atoms with van der Waals surface area (Å²) in [5, 5.41) is 10.7. The number of fused-ring (bicyclic) bond motifs is 1. The standard InChI is InChI=1S/C16H20N2O2/c19-13-8-9-18(11-13)16(20)7-3-4-12-10-17-15-6-2-1-5-14(12)15/h1-2,5-6,10,13,17,19H,3-4,7-9,11H2. The molecule has 1 aliphatic rings. The second kappa shape index (κ2) is 5.67. The smallest absolute Gasteiger partial charge is 0.222 e. The normalized spacial score (nSPS) is 18.9. The fourth-order valence-corrected chi connectivity index (χ4v) is 2.89. The first-order chi connectivity index (χ1) is 9.74. The van der Waals surface area contributed by atoms with Gasteiger partial charge in [0.1, 0.15) is 0 Å². The Morgan fingerprint density at radius 1 is 1.40 bits per heavy atom. The Labute approximate surface area is 118 Å². The Bertz CT molecular complexity index is 605. The number of β-amino-alcohol motifs (C(OH)–C–C–N with tert-alkyl or cyclic N) is 1. The molecule has 1 atom stereocenters. The number of benzene rings is 1. The maximum absolute atomic E-state index is 12.0. The van der Waals surface area contributed by atoms with Crippen LogP contribution in [0.25, 0.3) is 10.9 Å². The molecular formula is C16H20N2O2. The molecule has 2 aromatic rings. The Morgan fingerprint density at radius 2 is 2.25 bits per heavy atom. The fourth-order valence-electron chi connectivity index (χ4n) is 2.89. The van der Waals surface area contributed by atoms with Gasteiger partial charge < -0.3 is 15.0 Å². The highest BCUT2D eigenvalue weighted by molar-refractivity contribution is 5.83. The molecule has 1 aromatic heterocycles. The number of aromatic nitrogens is 1. The Morgan fingerprint density at radius 3 is 3.05 bits per heavy atom. The average molecular weight is 272 g/mol. The zero-order chi connectivity index (χ0) is 13.9. The van der Waals surface area contributed by atoms with Crippen molar-refractivity contribution in [2.75, 3.05) is 13.1 Å². The van der Waals surface area contributed by atoms with Gasteiger partial charge in [-0.15, -0.1) is 0 Å². The van der Waals surface area contributed by atoms with E-state index in [0.717, 1.165) is 18.4 Å². The molecule has 4 nitrogen and oxygen atoms in total. The summed E-state index contributed by atoms with van der Waals surface area (Å²) in [4.78, 5) is 17.0. The molecule has 1 fully saturated rings. The molecule has 0 radical (unpaired) electrons. The molecule has 2 heterocycles. The predicted octanol–water partition coefficient (Wildman–Crippen LogP) is 2.08. The number of aliphatic hydroxyl groups is 1. The summed E-state index contributed by atoms with van der Waals surface area (Å²) < 4.78 is 0. The van der Waals surface area contributed by atoms with Crippen molar-refractivity contribution in [3.8, 4) is 0 Å². The van der Waals surface area contributed by atoms with E-state index in [1.54, 1.807) is 4.90 Å². The van der Waals surface area contributed by atoms with Crippen LogP contribution in [0.4, 0.5) is 0 Å². The van der Waals surface area contributed by atoms with Gasteiger partial charge in [-0.25, -0.2) is 0 Å². The lowest BCUT2D eigenvalue weighted by Gasteiger charge is -2.15. The molecule has 4 heteroatoms. The van der Waals surface area contributed by atoms with Gasteiger partial charge in [-0.1, -0.05) is 18.2 Å². The molecule has 0 aliphatic carbocycles. The fraction of sp³-hybridized carbons (Fsp3) is 0.438. The molecule has 1 amide bonds. The van der Waals surface area contributed by atoms with Crippen molar-refractivity contribution in [2.24, 2.45) is 0 Å². The van der Waals surface area contributed by atoms with Crippen LogP contribution in [0.1, 0.15) is 24.8 Å². The van der Waals surface area contributed by atoms with Gasteiger partial charge in [-0.2, -0.15) is 0 Å². The second-order valence-electron chi connectivity index (χ2n) is 5.50. The summed E-state index contributed by atoms with van der Waals surface area (Å²) in [7, 11) is 0. The van der Waals surface area contributed by atoms with Crippen LogP contribution < -0.4 is 0 Å². The summed E-state index contributed by atoms with van der Waals surface area (Å²) in [6.45, 7) is 1.21. The minimum atomic E-state index is -0.326. The number of H-pyrrole nitrogens is 1. The van der Waals surface area contributed by atoms with E-state index in [9.17, 15) is 9.90 Å². The van der Waals surface area contributed by atoms with Gasteiger partial charge in [0.05, 0.1) is 6.10 Å². The van der Waals surface area contributed by atoms with Crippen molar-refractivity contribution in [1.82, 2.24) is 9.88 Å². The van der Waals surface area contributed by atoms with Crippen molar-refractivity contribution in [1.29, 1.82) is 0 Å².